The predicted octanol–water partition coefficient (Wildman–Crippen LogP) is 0.362. The summed E-state index contributed by atoms with van der Waals surface area (Å²) in [5.41, 5.74) is -0.222. The third kappa shape index (κ3) is 4.14. The number of amides is 1. The Morgan fingerprint density at radius 3 is 2.76 bits per heavy atom. The second-order valence-electron chi connectivity index (χ2n) is 4.67. The van der Waals surface area contributed by atoms with Crippen molar-refractivity contribution in [2.24, 2.45) is 0 Å². The van der Waals surface area contributed by atoms with E-state index in [-0.39, 0.29) is 11.5 Å². The first-order valence-electron chi connectivity index (χ1n) is 6.63. The Morgan fingerprint density at radius 1 is 1.43 bits per heavy atom. The molecule has 21 heavy (non-hydrogen) atoms. The van der Waals surface area contributed by atoms with Gasteiger partial charge in [-0.05, 0) is 12.1 Å². The zero-order valence-corrected chi connectivity index (χ0v) is 11.4. The number of hydrogen-bond donors (Lipinski definition) is 2. The van der Waals surface area contributed by atoms with Gasteiger partial charge in [0, 0.05) is 37.8 Å². The summed E-state index contributed by atoms with van der Waals surface area (Å²) in [5.74, 6) is -0.880. The van der Waals surface area contributed by atoms with Gasteiger partial charge in [0.15, 0.2) is 5.75 Å². The molecular formula is C13H17N3O5. The van der Waals surface area contributed by atoms with Crippen molar-refractivity contribution in [3.05, 3.63) is 33.9 Å². The topological polar surface area (TPSA) is 105 Å². The van der Waals surface area contributed by atoms with Crippen LogP contribution in [-0.2, 0) is 4.74 Å². The molecule has 1 aliphatic rings. The fraction of sp³-hybridized carbons (Fsp3) is 0.462. The molecule has 1 amide bonds. The molecule has 1 heterocycles. The van der Waals surface area contributed by atoms with Gasteiger partial charge in [-0.25, -0.2) is 0 Å². The van der Waals surface area contributed by atoms with E-state index >= 15 is 0 Å². The quantitative estimate of drug-likeness (QED) is 0.600. The van der Waals surface area contributed by atoms with Gasteiger partial charge < -0.3 is 15.2 Å². The number of nitrogens with zero attached hydrogens (tertiary/aromatic N) is 2. The Balaban J connectivity index is 1.85. The minimum absolute atomic E-state index is 0.195. The number of carbonyl (C=O) groups excluding carboxylic acids is 1. The Bertz CT molecular complexity index is 529. The molecule has 0 unspecified atom stereocenters. The van der Waals surface area contributed by atoms with E-state index in [2.05, 4.69) is 10.2 Å². The van der Waals surface area contributed by atoms with Crippen molar-refractivity contribution in [2.45, 2.75) is 0 Å². The van der Waals surface area contributed by atoms with Crippen molar-refractivity contribution in [1.29, 1.82) is 0 Å². The number of carbonyl (C=O) groups is 1. The molecule has 0 aromatic heterocycles. The van der Waals surface area contributed by atoms with Gasteiger partial charge in [0.25, 0.3) is 5.91 Å². The van der Waals surface area contributed by atoms with E-state index in [4.69, 9.17) is 4.74 Å². The number of phenols is 1. The molecule has 1 aromatic rings. The molecule has 1 aliphatic heterocycles. The van der Waals surface area contributed by atoms with Gasteiger partial charge in [0.2, 0.25) is 0 Å². The largest absolute Gasteiger partial charge is 0.502 e. The lowest BCUT2D eigenvalue weighted by Crippen LogP contribution is -2.41. The van der Waals surface area contributed by atoms with Crippen LogP contribution in [0.25, 0.3) is 0 Å². The fourth-order valence-electron chi connectivity index (χ4n) is 2.07. The number of ether oxygens (including phenoxy) is 1. The molecule has 0 bridgehead atoms. The minimum Gasteiger partial charge on any atom is -0.502 e. The average Bonchev–Trinajstić information content (AvgIpc) is 2.47. The van der Waals surface area contributed by atoms with E-state index in [0.29, 0.717) is 26.3 Å². The van der Waals surface area contributed by atoms with Crippen LogP contribution in [0.2, 0.25) is 0 Å². The Hall–Kier alpha value is -2.19. The lowest BCUT2D eigenvalue weighted by molar-refractivity contribution is -0.385. The molecule has 8 heteroatoms. The van der Waals surface area contributed by atoms with Gasteiger partial charge in [-0.1, -0.05) is 0 Å². The third-order valence-corrected chi connectivity index (χ3v) is 3.25. The minimum atomic E-state index is -0.699. The summed E-state index contributed by atoms with van der Waals surface area (Å²) in [6.45, 7) is 4.27. The Kier molecular flexibility index (Phi) is 5.07. The highest BCUT2D eigenvalue weighted by atomic mass is 16.6. The number of benzene rings is 1. The first-order valence-corrected chi connectivity index (χ1v) is 6.63. The molecule has 0 atom stereocenters. The number of hydrogen-bond acceptors (Lipinski definition) is 6. The van der Waals surface area contributed by atoms with Crippen molar-refractivity contribution in [2.75, 3.05) is 39.4 Å². The molecule has 1 saturated heterocycles. The van der Waals surface area contributed by atoms with Gasteiger partial charge in [-0.15, -0.1) is 0 Å². The SMILES string of the molecule is O=C(NCCN1CCOCC1)c1ccc([N+](=O)[O-])c(O)c1. The zero-order chi connectivity index (χ0) is 15.2. The molecule has 1 fully saturated rings. The van der Waals surface area contributed by atoms with Crippen LogP contribution in [0.1, 0.15) is 10.4 Å². The number of morpholine rings is 1. The number of nitrogens with one attached hydrogen (secondary N) is 1. The molecule has 114 valence electrons. The molecule has 2 N–H and O–H groups in total. The van der Waals surface area contributed by atoms with Crippen LogP contribution in [0, 0.1) is 10.1 Å². The highest BCUT2D eigenvalue weighted by Crippen LogP contribution is 2.26. The monoisotopic (exact) mass is 295 g/mol. The summed E-state index contributed by atoms with van der Waals surface area (Å²) in [4.78, 5) is 23.9. The third-order valence-electron chi connectivity index (χ3n) is 3.25. The van der Waals surface area contributed by atoms with Crippen LogP contribution < -0.4 is 5.32 Å². The number of nitro groups is 1. The summed E-state index contributed by atoms with van der Waals surface area (Å²) < 4.78 is 5.23. The van der Waals surface area contributed by atoms with E-state index in [1.165, 1.54) is 6.07 Å². The average molecular weight is 295 g/mol. The molecule has 0 aliphatic carbocycles. The first-order chi connectivity index (χ1) is 10.1. The van der Waals surface area contributed by atoms with Crippen LogP contribution in [0.15, 0.2) is 18.2 Å². The van der Waals surface area contributed by atoms with Gasteiger partial charge >= 0.3 is 5.69 Å². The van der Waals surface area contributed by atoms with Crippen molar-refractivity contribution < 1.29 is 19.6 Å². The smallest absolute Gasteiger partial charge is 0.310 e. The normalized spacial score (nSPS) is 15.6. The van der Waals surface area contributed by atoms with Crippen molar-refractivity contribution >= 4 is 11.6 Å². The van der Waals surface area contributed by atoms with Crippen LogP contribution in [0.4, 0.5) is 5.69 Å². The first kappa shape index (κ1) is 15.2. The van der Waals surface area contributed by atoms with Gasteiger partial charge in [-0.3, -0.25) is 19.8 Å². The summed E-state index contributed by atoms with van der Waals surface area (Å²) in [6.07, 6.45) is 0. The Morgan fingerprint density at radius 2 is 2.14 bits per heavy atom. The summed E-state index contributed by atoms with van der Waals surface area (Å²) in [7, 11) is 0. The van der Waals surface area contributed by atoms with Crippen molar-refractivity contribution in [3.8, 4) is 5.75 Å². The fourth-order valence-corrected chi connectivity index (χ4v) is 2.07. The molecule has 0 radical (unpaired) electrons. The summed E-state index contributed by atoms with van der Waals surface area (Å²) >= 11 is 0. The maximum absolute atomic E-state index is 11.9. The number of nitro benzene ring substituents is 1. The molecule has 0 saturated carbocycles. The summed E-state index contributed by atoms with van der Waals surface area (Å²) in [5, 5.41) is 22.8. The van der Waals surface area contributed by atoms with Gasteiger partial charge in [0.05, 0.1) is 18.1 Å². The van der Waals surface area contributed by atoms with E-state index in [9.17, 15) is 20.0 Å². The number of rotatable bonds is 5. The summed E-state index contributed by atoms with van der Waals surface area (Å²) in [6, 6.07) is 3.54. The molecule has 2 rings (SSSR count). The Labute approximate surface area is 121 Å². The van der Waals surface area contributed by atoms with E-state index < -0.39 is 16.4 Å². The zero-order valence-electron chi connectivity index (χ0n) is 11.4. The lowest BCUT2D eigenvalue weighted by atomic mass is 10.2. The number of aromatic hydroxyl groups is 1. The van der Waals surface area contributed by atoms with Crippen LogP contribution in [-0.4, -0.2) is 60.2 Å². The van der Waals surface area contributed by atoms with E-state index in [1.807, 2.05) is 0 Å². The molecule has 8 nitrogen and oxygen atoms in total. The predicted molar refractivity (Wildman–Crippen MR) is 74.4 cm³/mol. The second-order valence-corrected chi connectivity index (χ2v) is 4.67. The van der Waals surface area contributed by atoms with Crippen LogP contribution in [0.3, 0.4) is 0 Å². The maximum Gasteiger partial charge on any atom is 0.310 e. The highest BCUT2D eigenvalue weighted by Gasteiger charge is 2.16. The lowest BCUT2D eigenvalue weighted by Gasteiger charge is -2.26. The molecule has 0 spiro atoms. The standard InChI is InChI=1S/C13H17N3O5/c17-12-9-10(1-2-11(12)16(19)20)13(18)14-3-4-15-5-7-21-8-6-15/h1-2,9,17H,3-8H2,(H,14,18). The van der Waals surface area contributed by atoms with Crippen LogP contribution in [0.5, 0.6) is 5.75 Å². The molecule has 1 aromatic carbocycles. The maximum atomic E-state index is 11.9. The van der Waals surface area contributed by atoms with Gasteiger partial charge in [0.1, 0.15) is 0 Å². The van der Waals surface area contributed by atoms with Gasteiger partial charge in [-0.2, -0.15) is 0 Å². The number of phenolic OH excluding ortho intramolecular Hbond substituents is 1. The van der Waals surface area contributed by atoms with Crippen molar-refractivity contribution in [1.82, 2.24) is 10.2 Å². The highest BCUT2D eigenvalue weighted by molar-refractivity contribution is 5.95. The van der Waals surface area contributed by atoms with Crippen LogP contribution >= 0.6 is 0 Å². The molecular weight excluding hydrogens is 278 g/mol. The van der Waals surface area contributed by atoms with Crippen molar-refractivity contribution in [3.63, 3.8) is 0 Å². The van der Waals surface area contributed by atoms with E-state index in [0.717, 1.165) is 25.2 Å². The van der Waals surface area contributed by atoms with E-state index in [1.54, 1.807) is 0 Å². The second kappa shape index (κ2) is 7.00.